The largest absolute Gasteiger partial charge is 0.381 e. The molecule has 134 valence electrons. The number of guanidine groups is 1. The van der Waals surface area contributed by atoms with Crippen LogP contribution in [-0.2, 0) is 11.2 Å². The van der Waals surface area contributed by atoms with Crippen LogP contribution in [0.4, 0.5) is 0 Å². The van der Waals surface area contributed by atoms with Crippen LogP contribution in [0.2, 0.25) is 0 Å². The zero-order valence-electron chi connectivity index (χ0n) is 15.3. The molecule has 1 rings (SSSR count). The second-order valence-corrected chi connectivity index (χ2v) is 5.88. The Hall–Kier alpha value is -1.81. The summed E-state index contributed by atoms with van der Waals surface area (Å²) < 4.78 is 5.71. The predicted octanol–water partition coefficient (Wildman–Crippen LogP) is 3.50. The Bertz CT molecular complexity index is 459. The number of ether oxygens (including phenoxy) is 1. The topological polar surface area (TPSA) is 36.9 Å². The molecule has 0 radical (unpaired) electrons. The number of unbranched alkanes of at least 4 members (excludes halogenated alkanes) is 2. The summed E-state index contributed by atoms with van der Waals surface area (Å²) in [5.74, 6) is 0.962. The minimum atomic E-state index is 0.797. The number of hydrogen-bond donors (Lipinski definition) is 1. The summed E-state index contributed by atoms with van der Waals surface area (Å²) in [4.78, 5) is 6.49. The van der Waals surface area contributed by atoms with Gasteiger partial charge in [-0.1, -0.05) is 36.4 Å². The molecule has 0 bridgehead atoms. The average molecular weight is 332 g/mol. The van der Waals surface area contributed by atoms with E-state index >= 15 is 0 Å². The van der Waals surface area contributed by atoms with Gasteiger partial charge in [0.2, 0.25) is 0 Å². The lowest BCUT2D eigenvalue weighted by atomic mass is 10.2. The number of allylic oxidation sites excluding steroid dienone is 1. The molecule has 0 aliphatic rings. The number of nitrogens with zero attached hydrogens (tertiary/aromatic N) is 2. The molecule has 1 aromatic rings. The number of aliphatic imine (C=N–C) groups is 1. The van der Waals surface area contributed by atoms with E-state index in [2.05, 4.69) is 53.1 Å². The Morgan fingerprint density at radius 2 is 2.00 bits per heavy atom. The molecule has 0 spiro atoms. The van der Waals surface area contributed by atoms with Crippen LogP contribution in [0.5, 0.6) is 0 Å². The average Bonchev–Trinajstić information content (AvgIpc) is 2.61. The van der Waals surface area contributed by atoms with E-state index in [0.29, 0.717) is 0 Å². The van der Waals surface area contributed by atoms with Gasteiger partial charge < -0.3 is 15.0 Å². The van der Waals surface area contributed by atoms with E-state index in [4.69, 9.17) is 4.74 Å². The fraction of sp³-hybridized carbons (Fsp3) is 0.550. The summed E-state index contributed by atoms with van der Waals surface area (Å²) >= 11 is 0. The molecule has 1 aromatic carbocycles. The van der Waals surface area contributed by atoms with Gasteiger partial charge >= 0.3 is 0 Å². The highest BCUT2D eigenvalue weighted by Gasteiger charge is 2.03. The lowest BCUT2D eigenvalue weighted by molar-refractivity contribution is 0.133. The van der Waals surface area contributed by atoms with Crippen molar-refractivity contribution in [3.8, 4) is 0 Å². The van der Waals surface area contributed by atoms with Crippen molar-refractivity contribution in [1.29, 1.82) is 0 Å². The predicted molar refractivity (Wildman–Crippen MR) is 104 cm³/mol. The normalized spacial score (nSPS) is 11.3. The van der Waals surface area contributed by atoms with Crippen LogP contribution >= 0.6 is 0 Å². The summed E-state index contributed by atoms with van der Waals surface area (Å²) in [6, 6.07) is 10.5. The van der Waals surface area contributed by atoms with Gasteiger partial charge in [0.1, 0.15) is 0 Å². The van der Waals surface area contributed by atoms with Crippen LogP contribution in [0.3, 0.4) is 0 Å². The Kier molecular flexibility index (Phi) is 11.5. The van der Waals surface area contributed by atoms with Crippen LogP contribution in [-0.4, -0.2) is 51.3 Å². The lowest BCUT2D eigenvalue weighted by Gasteiger charge is -2.21. The highest BCUT2D eigenvalue weighted by molar-refractivity contribution is 5.79. The molecule has 0 amide bonds. The molecule has 1 N–H and O–H groups in total. The number of benzene rings is 1. The lowest BCUT2D eigenvalue weighted by Crippen LogP contribution is -2.39. The molecule has 0 aliphatic carbocycles. The second-order valence-electron chi connectivity index (χ2n) is 5.88. The van der Waals surface area contributed by atoms with Gasteiger partial charge in [0, 0.05) is 33.8 Å². The Labute approximate surface area is 147 Å². The monoisotopic (exact) mass is 331 g/mol. The summed E-state index contributed by atoms with van der Waals surface area (Å²) in [5, 5.41) is 3.41. The molecular weight excluding hydrogens is 298 g/mol. The van der Waals surface area contributed by atoms with E-state index < -0.39 is 0 Å². The minimum absolute atomic E-state index is 0.797. The van der Waals surface area contributed by atoms with E-state index in [1.807, 2.05) is 19.2 Å². The first-order chi connectivity index (χ1) is 11.8. The van der Waals surface area contributed by atoms with Gasteiger partial charge in [0.15, 0.2) is 5.96 Å². The molecule has 24 heavy (non-hydrogen) atoms. The molecule has 0 saturated heterocycles. The second kappa shape index (κ2) is 13.6. The van der Waals surface area contributed by atoms with E-state index in [0.717, 1.165) is 64.4 Å². The maximum Gasteiger partial charge on any atom is 0.193 e. The van der Waals surface area contributed by atoms with Gasteiger partial charge in [-0.05, 0) is 37.7 Å². The first-order valence-electron chi connectivity index (χ1n) is 8.92. The third-order valence-corrected chi connectivity index (χ3v) is 3.85. The van der Waals surface area contributed by atoms with Crippen molar-refractivity contribution in [2.24, 2.45) is 4.99 Å². The Balaban J connectivity index is 2.01. The maximum atomic E-state index is 5.71. The molecule has 4 heteroatoms. The fourth-order valence-electron chi connectivity index (χ4n) is 2.43. The van der Waals surface area contributed by atoms with Crippen molar-refractivity contribution < 1.29 is 4.74 Å². The SMILES string of the molecule is C=CCCCN(C)C(=NC)NCCCCOCCc1ccccc1. The van der Waals surface area contributed by atoms with Crippen molar-refractivity contribution >= 4 is 5.96 Å². The van der Waals surface area contributed by atoms with Crippen molar-refractivity contribution in [2.45, 2.75) is 32.1 Å². The van der Waals surface area contributed by atoms with Gasteiger partial charge in [-0.25, -0.2) is 0 Å². The highest BCUT2D eigenvalue weighted by Crippen LogP contribution is 2.00. The Morgan fingerprint density at radius 1 is 1.21 bits per heavy atom. The van der Waals surface area contributed by atoms with Crippen LogP contribution in [0, 0.1) is 0 Å². The molecule has 0 heterocycles. The zero-order valence-corrected chi connectivity index (χ0v) is 15.3. The first kappa shape index (κ1) is 20.2. The standard InChI is InChI=1S/C20H33N3O/c1-4-5-10-16-23(3)20(21-2)22-15-9-11-17-24-18-14-19-12-7-6-8-13-19/h4,6-8,12-13H,1,5,9-11,14-18H2,2-3H3,(H,21,22). The third kappa shape index (κ3) is 9.36. The summed E-state index contributed by atoms with van der Waals surface area (Å²) in [5.41, 5.74) is 1.34. The summed E-state index contributed by atoms with van der Waals surface area (Å²) in [6.07, 6.45) is 7.25. The molecule has 4 nitrogen and oxygen atoms in total. The van der Waals surface area contributed by atoms with Crippen LogP contribution in [0.1, 0.15) is 31.2 Å². The van der Waals surface area contributed by atoms with Crippen molar-refractivity contribution in [1.82, 2.24) is 10.2 Å². The summed E-state index contributed by atoms with van der Waals surface area (Å²) in [6.45, 7) is 7.30. The number of hydrogen-bond acceptors (Lipinski definition) is 2. The van der Waals surface area contributed by atoms with E-state index in [1.54, 1.807) is 0 Å². The van der Waals surface area contributed by atoms with Crippen LogP contribution in [0.25, 0.3) is 0 Å². The molecule has 0 fully saturated rings. The minimum Gasteiger partial charge on any atom is -0.381 e. The fourth-order valence-corrected chi connectivity index (χ4v) is 2.43. The molecule has 0 aromatic heterocycles. The Morgan fingerprint density at radius 3 is 2.71 bits per heavy atom. The molecule has 0 atom stereocenters. The zero-order chi connectivity index (χ0) is 17.5. The van der Waals surface area contributed by atoms with Crippen molar-refractivity contribution in [3.05, 3.63) is 48.6 Å². The van der Waals surface area contributed by atoms with Crippen LogP contribution in [0.15, 0.2) is 48.0 Å². The maximum absolute atomic E-state index is 5.71. The van der Waals surface area contributed by atoms with Crippen molar-refractivity contribution in [2.75, 3.05) is 40.4 Å². The van der Waals surface area contributed by atoms with Gasteiger partial charge in [0.25, 0.3) is 0 Å². The number of rotatable bonds is 12. The molecule has 0 aliphatic heterocycles. The van der Waals surface area contributed by atoms with E-state index in [9.17, 15) is 0 Å². The van der Waals surface area contributed by atoms with Gasteiger partial charge in [-0.3, -0.25) is 4.99 Å². The first-order valence-corrected chi connectivity index (χ1v) is 8.92. The van der Waals surface area contributed by atoms with Gasteiger partial charge in [-0.15, -0.1) is 6.58 Å². The molecule has 0 unspecified atom stereocenters. The number of nitrogens with one attached hydrogen (secondary N) is 1. The van der Waals surface area contributed by atoms with Crippen LogP contribution < -0.4 is 5.32 Å². The third-order valence-electron chi connectivity index (χ3n) is 3.85. The molecule has 0 saturated carbocycles. The van der Waals surface area contributed by atoms with Gasteiger partial charge in [0.05, 0.1) is 6.61 Å². The van der Waals surface area contributed by atoms with E-state index in [-0.39, 0.29) is 0 Å². The molecular formula is C20H33N3O. The summed E-state index contributed by atoms with van der Waals surface area (Å²) in [7, 11) is 3.91. The highest BCUT2D eigenvalue weighted by atomic mass is 16.5. The van der Waals surface area contributed by atoms with Crippen molar-refractivity contribution in [3.63, 3.8) is 0 Å². The smallest absolute Gasteiger partial charge is 0.193 e. The quantitative estimate of drug-likeness (QED) is 0.276. The van der Waals surface area contributed by atoms with E-state index in [1.165, 1.54) is 5.56 Å². The van der Waals surface area contributed by atoms with Gasteiger partial charge in [-0.2, -0.15) is 0 Å².